The van der Waals surface area contributed by atoms with Gasteiger partial charge in [0.25, 0.3) is 0 Å². The lowest BCUT2D eigenvalue weighted by Crippen LogP contribution is -2.25. The van der Waals surface area contributed by atoms with Crippen LogP contribution in [0.25, 0.3) is 0 Å². The summed E-state index contributed by atoms with van der Waals surface area (Å²) in [4.78, 5) is 18.4. The van der Waals surface area contributed by atoms with Gasteiger partial charge in [-0.2, -0.15) is 0 Å². The van der Waals surface area contributed by atoms with Crippen LogP contribution in [0, 0.1) is 5.92 Å². The van der Waals surface area contributed by atoms with Gasteiger partial charge in [-0.25, -0.2) is 0 Å². The number of rotatable bonds is 4. The van der Waals surface area contributed by atoms with Gasteiger partial charge in [-0.1, -0.05) is 53.3 Å². The first kappa shape index (κ1) is 22.7. The van der Waals surface area contributed by atoms with E-state index < -0.39 is 0 Å². The van der Waals surface area contributed by atoms with Gasteiger partial charge >= 0.3 is 0 Å². The van der Waals surface area contributed by atoms with Crippen LogP contribution in [0.4, 0.5) is 0 Å². The number of likely N-dealkylation sites (tertiary alicyclic amines) is 1. The quantitative estimate of drug-likeness (QED) is 0.574. The van der Waals surface area contributed by atoms with Crippen LogP contribution >= 0.6 is 11.8 Å². The van der Waals surface area contributed by atoms with Gasteiger partial charge in [0.05, 0.1) is 18.2 Å². The van der Waals surface area contributed by atoms with Crippen molar-refractivity contribution in [3.63, 3.8) is 0 Å². The average molecular weight is 443 g/mol. The summed E-state index contributed by atoms with van der Waals surface area (Å²) in [6.07, 6.45) is 5.64. The van der Waals surface area contributed by atoms with Crippen LogP contribution in [-0.2, 0) is 15.6 Å². The van der Waals surface area contributed by atoms with Crippen LogP contribution in [0.15, 0.2) is 17.1 Å². The van der Waals surface area contributed by atoms with Gasteiger partial charge in [0.15, 0.2) is 0 Å². The zero-order valence-electron chi connectivity index (χ0n) is 20.2. The lowest BCUT2D eigenvalue weighted by atomic mass is 9.78. The largest absolute Gasteiger partial charge is 0.496 e. The normalized spacial score (nSPS) is 28.6. The third-order valence-electron chi connectivity index (χ3n) is 7.23. The van der Waals surface area contributed by atoms with E-state index >= 15 is 0 Å². The first-order valence-electron chi connectivity index (χ1n) is 11.7. The van der Waals surface area contributed by atoms with Gasteiger partial charge in [-0.15, -0.1) is 0 Å². The van der Waals surface area contributed by atoms with E-state index in [9.17, 15) is 4.79 Å². The lowest BCUT2D eigenvalue weighted by molar-refractivity contribution is -0.118. The molecule has 0 radical (unpaired) electrons. The zero-order chi connectivity index (χ0) is 22.6. The van der Waals surface area contributed by atoms with Crippen LogP contribution < -0.4 is 4.74 Å². The number of carbonyl (C=O) groups excluding carboxylic acids is 1. The average Bonchev–Trinajstić information content (AvgIpc) is 3.35. The summed E-state index contributed by atoms with van der Waals surface area (Å²) in [5.74, 6) is 1.67. The standard InChI is InChI=1S/C26H38N2O2S/c1-24(2,3)19-13-17(14-20(22(19)30-7)25(4,5)6)23-27-21-15-26(21,31-23)18-9-8-11-28(16-29)12-10-18/h13-14,16,18,21H,8-12,15H2,1-7H3. The van der Waals surface area contributed by atoms with Gasteiger partial charge < -0.3 is 9.64 Å². The van der Waals surface area contributed by atoms with Crippen LogP contribution in [0.1, 0.15) is 83.9 Å². The molecule has 0 spiro atoms. The highest BCUT2D eigenvalue weighted by Gasteiger charge is 2.63. The minimum absolute atomic E-state index is 0.00856. The Bertz CT molecular complexity index is 861. The van der Waals surface area contributed by atoms with Crippen LogP contribution in [-0.4, -0.2) is 47.3 Å². The van der Waals surface area contributed by atoms with E-state index in [4.69, 9.17) is 9.73 Å². The number of nitrogens with zero attached hydrogens (tertiary/aromatic N) is 2. The minimum atomic E-state index is -0.00856. The van der Waals surface area contributed by atoms with Crippen molar-refractivity contribution in [3.8, 4) is 5.75 Å². The third kappa shape index (κ3) is 4.15. The predicted molar refractivity (Wildman–Crippen MR) is 131 cm³/mol. The number of methoxy groups -OCH3 is 1. The molecule has 0 bridgehead atoms. The van der Waals surface area contributed by atoms with Crippen molar-refractivity contribution in [2.24, 2.45) is 10.9 Å². The Morgan fingerprint density at radius 2 is 1.74 bits per heavy atom. The Kier molecular flexibility index (Phi) is 5.73. The molecular weight excluding hydrogens is 404 g/mol. The molecule has 4 rings (SSSR count). The summed E-state index contributed by atoms with van der Waals surface area (Å²) < 4.78 is 6.21. The Morgan fingerprint density at radius 1 is 1.10 bits per heavy atom. The van der Waals surface area contributed by atoms with Gasteiger partial charge in [-0.3, -0.25) is 9.79 Å². The molecule has 170 valence electrons. The Labute approximate surface area is 192 Å². The molecule has 2 aliphatic heterocycles. The molecule has 1 saturated heterocycles. The van der Waals surface area contributed by atoms with Crippen LogP contribution in [0.5, 0.6) is 5.75 Å². The fourth-order valence-corrected chi connectivity index (χ4v) is 6.92. The molecule has 5 heteroatoms. The summed E-state index contributed by atoms with van der Waals surface area (Å²) in [5.41, 5.74) is 3.74. The van der Waals surface area contributed by atoms with E-state index in [1.54, 1.807) is 7.11 Å². The number of aliphatic imine (C=N–C) groups is 1. The fourth-order valence-electron chi connectivity index (χ4n) is 5.31. The molecule has 3 atom stereocenters. The second-order valence-electron chi connectivity index (χ2n) is 11.6. The third-order valence-corrected chi connectivity index (χ3v) is 8.92. The van der Waals surface area contributed by atoms with E-state index in [-0.39, 0.29) is 15.6 Å². The first-order valence-corrected chi connectivity index (χ1v) is 12.5. The maximum absolute atomic E-state index is 11.2. The van der Waals surface area contributed by atoms with Gasteiger partial charge in [-0.05, 0) is 54.6 Å². The summed E-state index contributed by atoms with van der Waals surface area (Å²) in [6.45, 7) is 15.3. The molecule has 31 heavy (non-hydrogen) atoms. The van der Waals surface area contributed by atoms with Gasteiger partial charge in [0.2, 0.25) is 6.41 Å². The summed E-state index contributed by atoms with van der Waals surface area (Å²) in [6, 6.07) is 5.08. The van der Waals surface area contributed by atoms with E-state index in [0.29, 0.717) is 12.0 Å². The highest BCUT2D eigenvalue weighted by molar-refractivity contribution is 8.16. The minimum Gasteiger partial charge on any atom is -0.496 e. The zero-order valence-corrected chi connectivity index (χ0v) is 21.1. The van der Waals surface area contributed by atoms with Crippen molar-refractivity contribution < 1.29 is 9.53 Å². The molecule has 1 aromatic rings. The molecule has 4 nitrogen and oxygen atoms in total. The maximum atomic E-state index is 11.2. The highest BCUT2D eigenvalue weighted by Crippen LogP contribution is 2.63. The monoisotopic (exact) mass is 442 g/mol. The molecular formula is C26H38N2O2S. The van der Waals surface area contributed by atoms with E-state index in [0.717, 1.165) is 38.1 Å². The molecule has 1 amide bonds. The number of thioether (sulfide) groups is 1. The molecule has 3 aliphatic rings. The highest BCUT2D eigenvalue weighted by atomic mass is 32.2. The number of hydrogen-bond acceptors (Lipinski definition) is 4. The number of amides is 1. The molecule has 2 heterocycles. The predicted octanol–water partition coefficient (Wildman–Crippen LogP) is 5.55. The first-order chi connectivity index (χ1) is 14.5. The molecule has 2 fully saturated rings. The molecule has 1 saturated carbocycles. The maximum Gasteiger partial charge on any atom is 0.209 e. The SMILES string of the molecule is COc1c(C(C)(C)C)cc(C2=NC3CC3(C3CCCN(C=O)CC3)S2)cc1C(C)(C)C. The second-order valence-corrected chi connectivity index (χ2v) is 12.9. The van der Waals surface area contributed by atoms with Crippen molar-refractivity contribution in [1.82, 2.24) is 4.90 Å². The van der Waals surface area contributed by atoms with Crippen molar-refractivity contribution in [3.05, 3.63) is 28.8 Å². The smallest absolute Gasteiger partial charge is 0.209 e. The molecule has 0 N–H and O–H groups in total. The Hall–Kier alpha value is -1.49. The van der Waals surface area contributed by atoms with Gasteiger partial charge in [0, 0.05) is 34.5 Å². The van der Waals surface area contributed by atoms with Crippen LogP contribution in [0.2, 0.25) is 0 Å². The fraction of sp³-hybridized carbons (Fsp3) is 0.692. The molecule has 0 aromatic heterocycles. The number of ether oxygens (including phenoxy) is 1. The van der Waals surface area contributed by atoms with E-state index in [2.05, 4.69) is 53.7 Å². The number of fused-ring (bicyclic) bond motifs is 1. The summed E-state index contributed by atoms with van der Waals surface area (Å²) in [7, 11) is 1.79. The van der Waals surface area contributed by atoms with Crippen molar-refractivity contribution in [2.45, 2.75) is 88.8 Å². The Balaban J connectivity index is 1.66. The van der Waals surface area contributed by atoms with E-state index in [1.807, 2.05) is 16.7 Å². The Morgan fingerprint density at radius 3 is 2.29 bits per heavy atom. The summed E-state index contributed by atoms with van der Waals surface area (Å²) >= 11 is 2.02. The number of hydrogen-bond donors (Lipinski definition) is 0. The topological polar surface area (TPSA) is 41.9 Å². The van der Waals surface area contributed by atoms with Crippen molar-refractivity contribution in [2.75, 3.05) is 20.2 Å². The second kappa shape index (κ2) is 7.83. The molecule has 1 aromatic carbocycles. The molecule has 1 aliphatic carbocycles. The summed E-state index contributed by atoms with van der Waals surface area (Å²) in [5, 5.41) is 1.20. The van der Waals surface area contributed by atoms with E-state index in [1.165, 1.54) is 34.6 Å². The number of carbonyl (C=O) groups is 1. The van der Waals surface area contributed by atoms with Crippen LogP contribution in [0.3, 0.4) is 0 Å². The van der Waals surface area contributed by atoms with Crippen molar-refractivity contribution >= 4 is 23.2 Å². The lowest BCUT2D eigenvalue weighted by Gasteiger charge is -2.30. The van der Waals surface area contributed by atoms with Gasteiger partial charge in [0.1, 0.15) is 5.75 Å². The molecule has 3 unspecified atom stereocenters. The number of benzene rings is 1. The van der Waals surface area contributed by atoms with Crippen molar-refractivity contribution in [1.29, 1.82) is 0 Å².